The van der Waals surface area contributed by atoms with Crippen LogP contribution in [0.25, 0.3) is 0 Å². The maximum Gasteiger partial charge on any atom is 0.223 e. The number of nitrogens with zero attached hydrogens (tertiary/aromatic N) is 2. The zero-order valence-electron chi connectivity index (χ0n) is 17.8. The number of pyridine rings is 1. The molecule has 1 aromatic carbocycles. The summed E-state index contributed by atoms with van der Waals surface area (Å²) < 4.78 is 10.9. The van der Waals surface area contributed by atoms with Crippen molar-refractivity contribution in [2.75, 3.05) is 27.3 Å². The number of methoxy groups -OCH3 is 2. The van der Waals surface area contributed by atoms with E-state index in [2.05, 4.69) is 21.3 Å². The third kappa shape index (κ3) is 4.93. The van der Waals surface area contributed by atoms with Gasteiger partial charge in [0.2, 0.25) is 5.91 Å². The largest absolute Gasteiger partial charge is 0.497 e. The maximum atomic E-state index is 12.5. The highest BCUT2D eigenvalue weighted by molar-refractivity contribution is 5.81. The first kappa shape index (κ1) is 20.7. The lowest BCUT2D eigenvalue weighted by Crippen LogP contribution is -2.41. The van der Waals surface area contributed by atoms with Crippen LogP contribution < -0.4 is 14.8 Å². The molecule has 1 saturated carbocycles. The molecule has 0 bridgehead atoms. The summed E-state index contributed by atoms with van der Waals surface area (Å²) in [6.07, 6.45) is 5.90. The Labute approximate surface area is 178 Å². The molecule has 6 heteroatoms. The monoisotopic (exact) mass is 409 g/mol. The van der Waals surface area contributed by atoms with Gasteiger partial charge in [-0.1, -0.05) is 6.07 Å². The number of ether oxygens (including phenoxy) is 2. The number of aromatic nitrogens is 1. The topological polar surface area (TPSA) is 63.7 Å². The predicted molar refractivity (Wildman–Crippen MR) is 115 cm³/mol. The Balaban J connectivity index is 1.41. The van der Waals surface area contributed by atoms with Gasteiger partial charge in [0, 0.05) is 24.2 Å². The lowest BCUT2D eigenvalue weighted by atomic mass is 9.87. The molecule has 2 heterocycles. The van der Waals surface area contributed by atoms with Crippen LogP contribution in [0.5, 0.6) is 11.5 Å². The van der Waals surface area contributed by atoms with Gasteiger partial charge in [0.05, 0.1) is 26.0 Å². The fraction of sp³-hybridized carbons (Fsp3) is 0.500. The van der Waals surface area contributed by atoms with Gasteiger partial charge in [-0.3, -0.25) is 14.7 Å². The summed E-state index contributed by atoms with van der Waals surface area (Å²) in [6, 6.07) is 11.9. The first-order valence-corrected chi connectivity index (χ1v) is 10.8. The van der Waals surface area contributed by atoms with E-state index in [1.807, 2.05) is 36.5 Å². The highest BCUT2D eigenvalue weighted by Crippen LogP contribution is 2.34. The van der Waals surface area contributed by atoms with Gasteiger partial charge >= 0.3 is 0 Å². The number of carbonyl (C=O) groups is 1. The molecule has 6 nitrogen and oxygen atoms in total. The van der Waals surface area contributed by atoms with Crippen LogP contribution in [0, 0.1) is 11.8 Å². The van der Waals surface area contributed by atoms with Crippen LogP contribution in [0.1, 0.15) is 43.0 Å². The molecular weight excluding hydrogens is 378 g/mol. The van der Waals surface area contributed by atoms with Crippen LogP contribution in [-0.4, -0.2) is 43.1 Å². The highest BCUT2D eigenvalue weighted by Gasteiger charge is 2.35. The van der Waals surface area contributed by atoms with Gasteiger partial charge in [0.25, 0.3) is 0 Å². The molecule has 1 N–H and O–H groups in total. The van der Waals surface area contributed by atoms with E-state index in [4.69, 9.17) is 9.47 Å². The third-order valence-corrected chi connectivity index (χ3v) is 6.24. The Morgan fingerprint density at radius 3 is 2.57 bits per heavy atom. The van der Waals surface area contributed by atoms with Crippen LogP contribution in [0.15, 0.2) is 42.6 Å². The lowest BCUT2D eigenvalue weighted by molar-refractivity contribution is -0.123. The van der Waals surface area contributed by atoms with E-state index >= 15 is 0 Å². The van der Waals surface area contributed by atoms with Crippen LogP contribution in [0.3, 0.4) is 0 Å². The van der Waals surface area contributed by atoms with E-state index in [1.54, 1.807) is 14.2 Å². The predicted octanol–water partition coefficient (Wildman–Crippen LogP) is 3.58. The zero-order chi connectivity index (χ0) is 20.9. The first-order chi connectivity index (χ1) is 14.7. The number of carbonyl (C=O) groups excluding carboxylic acids is 1. The third-order valence-electron chi connectivity index (χ3n) is 6.24. The number of amides is 1. The van der Waals surface area contributed by atoms with Crippen molar-refractivity contribution < 1.29 is 14.3 Å². The molecule has 1 amide bonds. The number of rotatable bonds is 8. The molecule has 1 aromatic heterocycles. The van der Waals surface area contributed by atoms with E-state index in [0.29, 0.717) is 5.92 Å². The average Bonchev–Trinajstić information content (AvgIpc) is 3.64. The number of likely N-dealkylation sites (tertiary alicyclic amines) is 1. The number of nitrogens with one attached hydrogen (secondary N) is 1. The van der Waals surface area contributed by atoms with E-state index in [9.17, 15) is 4.79 Å². The summed E-state index contributed by atoms with van der Waals surface area (Å²) in [6.45, 7) is 2.79. The Bertz CT molecular complexity index is 846. The minimum atomic E-state index is -0.00666. The summed E-state index contributed by atoms with van der Waals surface area (Å²) in [7, 11) is 3.39. The van der Waals surface area contributed by atoms with Crippen molar-refractivity contribution in [2.45, 2.75) is 38.3 Å². The van der Waals surface area contributed by atoms with E-state index < -0.39 is 0 Å². The fourth-order valence-electron chi connectivity index (χ4n) is 4.30. The Hall–Kier alpha value is -2.60. The second kappa shape index (κ2) is 9.47. The van der Waals surface area contributed by atoms with Gasteiger partial charge < -0.3 is 14.8 Å². The quantitative estimate of drug-likeness (QED) is 0.722. The number of hydrogen-bond donors (Lipinski definition) is 1. The van der Waals surface area contributed by atoms with Gasteiger partial charge in [-0.25, -0.2) is 0 Å². The van der Waals surface area contributed by atoms with E-state index in [-0.39, 0.29) is 17.9 Å². The Kier molecular flexibility index (Phi) is 6.53. The second-order valence-electron chi connectivity index (χ2n) is 8.31. The summed E-state index contributed by atoms with van der Waals surface area (Å²) in [5.41, 5.74) is 2.11. The summed E-state index contributed by atoms with van der Waals surface area (Å²) in [5, 5.41) is 3.31. The Morgan fingerprint density at radius 2 is 1.93 bits per heavy atom. The van der Waals surface area contributed by atoms with Crippen molar-refractivity contribution >= 4 is 5.91 Å². The molecule has 0 radical (unpaired) electrons. The number of hydrogen-bond acceptors (Lipinski definition) is 5. The minimum Gasteiger partial charge on any atom is -0.497 e. The van der Waals surface area contributed by atoms with Crippen molar-refractivity contribution in [2.24, 2.45) is 11.8 Å². The highest BCUT2D eigenvalue weighted by atomic mass is 16.5. The number of piperidine rings is 1. The molecule has 2 aromatic rings. The maximum absolute atomic E-state index is 12.5. The molecule has 2 aliphatic rings. The molecule has 2 fully saturated rings. The molecular formula is C24H31N3O3. The summed E-state index contributed by atoms with van der Waals surface area (Å²) in [5.74, 6) is 2.52. The van der Waals surface area contributed by atoms with Gasteiger partial charge in [0.1, 0.15) is 11.5 Å². The molecule has 1 saturated heterocycles. The first-order valence-electron chi connectivity index (χ1n) is 10.8. The molecule has 1 aliphatic carbocycles. The van der Waals surface area contributed by atoms with Crippen molar-refractivity contribution in [3.8, 4) is 11.5 Å². The van der Waals surface area contributed by atoms with Crippen molar-refractivity contribution in [1.29, 1.82) is 0 Å². The minimum absolute atomic E-state index is 0.00666. The van der Waals surface area contributed by atoms with Crippen LogP contribution in [-0.2, 0) is 11.3 Å². The van der Waals surface area contributed by atoms with Crippen LogP contribution in [0.4, 0.5) is 0 Å². The van der Waals surface area contributed by atoms with Gasteiger partial charge in [0.15, 0.2) is 0 Å². The summed E-state index contributed by atoms with van der Waals surface area (Å²) >= 11 is 0. The normalized spacial score (nSPS) is 18.6. The average molecular weight is 410 g/mol. The molecule has 0 unspecified atom stereocenters. The molecule has 30 heavy (non-hydrogen) atoms. The van der Waals surface area contributed by atoms with E-state index in [1.165, 1.54) is 0 Å². The van der Waals surface area contributed by atoms with Crippen LogP contribution in [0.2, 0.25) is 0 Å². The van der Waals surface area contributed by atoms with Gasteiger partial charge in [-0.2, -0.15) is 0 Å². The molecule has 4 rings (SSSR count). The van der Waals surface area contributed by atoms with Crippen LogP contribution >= 0.6 is 0 Å². The standard InChI is InChI=1S/C24H31N3O3/c1-29-20-8-9-22(30-2)19(15-20)16-27-13-10-17(11-14-27)23(21-5-3-4-12-25-21)26-24(28)18-6-7-18/h3-5,8-9,12,15,17-18,23H,6-7,10-11,13-14,16H2,1-2H3,(H,26,28)/t23-/m0/s1. The molecule has 1 atom stereocenters. The molecule has 160 valence electrons. The smallest absolute Gasteiger partial charge is 0.223 e. The molecule has 0 spiro atoms. The zero-order valence-corrected chi connectivity index (χ0v) is 17.8. The molecule has 1 aliphatic heterocycles. The fourth-order valence-corrected chi connectivity index (χ4v) is 4.30. The SMILES string of the molecule is COc1ccc(OC)c(CN2CCC([C@H](NC(=O)C3CC3)c3ccccn3)CC2)c1. The second-order valence-corrected chi connectivity index (χ2v) is 8.31. The van der Waals surface area contributed by atoms with Crippen molar-refractivity contribution in [3.05, 3.63) is 53.9 Å². The Morgan fingerprint density at radius 1 is 1.13 bits per heavy atom. The van der Waals surface area contributed by atoms with Crippen molar-refractivity contribution in [1.82, 2.24) is 15.2 Å². The number of benzene rings is 1. The summed E-state index contributed by atoms with van der Waals surface area (Å²) in [4.78, 5) is 19.5. The van der Waals surface area contributed by atoms with Gasteiger partial charge in [-0.05, 0) is 75.0 Å². The lowest BCUT2D eigenvalue weighted by Gasteiger charge is -2.36. The van der Waals surface area contributed by atoms with E-state index in [0.717, 1.165) is 68.1 Å². The van der Waals surface area contributed by atoms with Crippen molar-refractivity contribution in [3.63, 3.8) is 0 Å². The van der Waals surface area contributed by atoms with Gasteiger partial charge in [-0.15, -0.1) is 0 Å².